The van der Waals surface area contributed by atoms with Crippen LogP contribution in [0.15, 0.2) is 59.8 Å². The Morgan fingerprint density at radius 3 is 2.36 bits per heavy atom. The second-order valence-electron chi connectivity index (χ2n) is 6.29. The van der Waals surface area contributed by atoms with Crippen molar-refractivity contribution in [3.63, 3.8) is 0 Å². The molecule has 1 heterocycles. The molecule has 7 heteroatoms. The maximum atomic E-state index is 12.3. The molecule has 0 unspecified atom stereocenters. The van der Waals surface area contributed by atoms with E-state index in [0.29, 0.717) is 5.16 Å². The minimum atomic E-state index is -0.0650. The highest BCUT2D eigenvalue weighted by Crippen LogP contribution is 2.23. The Morgan fingerprint density at radius 1 is 1.04 bits per heavy atom. The second-order valence-corrected chi connectivity index (χ2v) is 7.23. The van der Waals surface area contributed by atoms with Gasteiger partial charge in [0.05, 0.1) is 5.75 Å². The van der Waals surface area contributed by atoms with Crippen molar-refractivity contribution in [2.45, 2.75) is 19.0 Å². The van der Waals surface area contributed by atoms with Gasteiger partial charge in [0.2, 0.25) is 5.91 Å². The number of carbonyl (C=O) groups excluding carboxylic acids is 1. The summed E-state index contributed by atoms with van der Waals surface area (Å²) in [7, 11) is 1.91. The van der Waals surface area contributed by atoms with E-state index in [1.165, 1.54) is 11.8 Å². The summed E-state index contributed by atoms with van der Waals surface area (Å²) in [5, 5.41) is 12.1. The van der Waals surface area contributed by atoms with Gasteiger partial charge in [-0.15, -0.1) is 10.2 Å². The van der Waals surface area contributed by atoms with Crippen LogP contribution in [0.1, 0.15) is 13.8 Å². The van der Waals surface area contributed by atoms with Crippen molar-refractivity contribution >= 4 is 29.0 Å². The molecule has 0 saturated carbocycles. The molecule has 0 saturated heterocycles. The number of benzene rings is 2. The number of nitrogens with zero attached hydrogens (tertiary/aromatic N) is 4. The molecule has 0 spiro atoms. The van der Waals surface area contributed by atoms with Crippen molar-refractivity contribution in [2.75, 3.05) is 29.1 Å². The fraction of sp³-hybridized carbons (Fsp3) is 0.286. The monoisotopic (exact) mass is 395 g/mol. The van der Waals surface area contributed by atoms with Gasteiger partial charge in [0, 0.05) is 37.1 Å². The number of aromatic nitrogens is 3. The number of rotatable bonds is 8. The predicted molar refractivity (Wildman–Crippen MR) is 116 cm³/mol. The Labute approximate surface area is 170 Å². The zero-order valence-corrected chi connectivity index (χ0v) is 17.2. The Morgan fingerprint density at radius 2 is 1.71 bits per heavy atom. The molecule has 3 rings (SSSR count). The lowest BCUT2D eigenvalue weighted by molar-refractivity contribution is -0.113. The standard InChI is InChI=1S/C21H25N5OS/c1-4-26(5-2)18-13-11-17(12-14-18)22-19(27)15-28-21-24-23-20(25(21)3)16-9-7-6-8-10-16/h6-14H,4-5,15H2,1-3H3,(H,22,27). The molecule has 2 aromatic carbocycles. The quantitative estimate of drug-likeness (QED) is 0.583. The predicted octanol–water partition coefficient (Wildman–Crippen LogP) is 4.06. The Balaban J connectivity index is 1.57. The first-order valence-corrected chi connectivity index (χ1v) is 10.3. The molecule has 0 atom stereocenters. The zero-order chi connectivity index (χ0) is 19.9. The van der Waals surface area contributed by atoms with Crippen molar-refractivity contribution < 1.29 is 4.79 Å². The van der Waals surface area contributed by atoms with E-state index in [0.717, 1.165) is 35.9 Å². The normalized spacial score (nSPS) is 10.7. The average Bonchev–Trinajstić information content (AvgIpc) is 3.09. The van der Waals surface area contributed by atoms with Gasteiger partial charge in [-0.25, -0.2) is 0 Å². The summed E-state index contributed by atoms with van der Waals surface area (Å²) in [6, 6.07) is 17.8. The van der Waals surface area contributed by atoms with E-state index < -0.39 is 0 Å². The zero-order valence-electron chi connectivity index (χ0n) is 16.4. The molecule has 6 nitrogen and oxygen atoms in total. The molecule has 0 fully saturated rings. The van der Waals surface area contributed by atoms with Crippen LogP contribution < -0.4 is 10.2 Å². The average molecular weight is 396 g/mol. The van der Waals surface area contributed by atoms with Gasteiger partial charge in [-0.3, -0.25) is 4.79 Å². The number of carbonyl (C=O) groups is 1. The molecule has 1 aromatic heterocycles. The van der Waals surface area contributed by atoms with E-state index in [-0.39, 0.29) is 11.7 Å². The van der Waals surface area contributed by atoms with Gasteiger partial charge in [-0.05, 0) is 38.1 Å². The van der Waals surface area contributed by atoms with Crippen molar-refractivity contribution in [3.8, 4) is 11.4 Å². The highest BCUT2D eigenvalue weighted by Gasteiger charge is 2.13. The number of nitrogens with one attached hydrogen (secondary N) is 1. The highest BCUT2D eigenvalue weighted by molar-refractivity contribution is 7.99. The third kappa shape index (κ3) is 4.72. The first kappa shape index (κ1) is 19.9. The maximum absolute atomic E-state index is 12.3. The van der Waals surface area contributed by atoms with Crippen molar-refractivity contribution in [1.82, 2.24) is 14.8 Å². The summed E-state index contributed by atoms with van der Waals surface area (Å²) in [6.45, 7) is 6.18. The van der Waals surface area contributed by atoms with E-state index in [1.54, 1.807) is 0 Å². The fourth-order valence-corrected chi connectivity index (χ4v) is 3.66. The van der Waals surface area contributed by atoms with Gasteiger partial charge < -0.3 is 14.8 Å². The molecule has 1 N–H and O–H groups in total. The molecule has 0 aliphatic heterocycles. The Kier molecular flexibility index (Phi) is 6.71. The Hall–Kier alpha value is -2.80. The number of thioether (sulfide) groups is 1. The van der Waals surface area contributed by atoms with E-state index in [9.17, 15) is 4.79 Å². The SMILES string of the molecule is CCN(CC)c1ccc(NC(=O)CSc2nnc(-c3ccccc3)n2C)cc1. The molecule has 1 amide bonds. The summed E-state index contributed by atoms with van der Waals surface area (Å²) in [4.78, 5) is 14.6. The third-order valence-electron chi connectivity index (χ3n) is 4.48. The van der Waals surface area contributed by atoms with Crippen LogP contribution in [0.2, 0.25) is 0 Å². The van der Waals surface area contributed by atoms with Gasteiger partial charge in [0.25, 0.3) is 0 Å². The van der Waals surface area contributed by atoms with Crippen LogP contribution in [-0.2, 0) is 11.8 Å². The second kappa shape index (κ2) is 9.41. The summed E-state index contributed by atoms with van der Waals surface area (Å²) >= 11 is 1.37. The molecule has 0 radical (unpaired) electrons. The minimum absolute atomic E-state index is 0.0650. The molecule has 0 bridgehead atoms. The molecule has 3 aromatic rings. The molecular weight excluding hydrogens is 370 g/mol. The van der Waals surface area contributed by atoms with E-state index in [4.69, 9.17) is 0 Å². The largest absolute Gasteiger partial charge is 0.372 e. The molecule has 0 aliphatic carbocycles. The van der Waals surface area contributed by atoms with E-state index in [1.807, 2.05) is 66.2 Å². The summed E-state index contributed by atoms with van der Waals surface area (Å²) < 4.78 is 1.91. The van der Waals surface area contributed by atoms with Crippen molar-refractivity contribution in [2.24, 2.45) is 7.05 Å². The smallest absolute Gasteiger partial charge is 0.234 e. The van der Waals surface area contributed by atoms with Gasteiger partial charge in [0.1, 0.15) is 0 Å². The van der Waals surface area contributed by atoms with Crippen LogP contribution in [0.3, 0.4) is 0 Å². The lowest BCUT2D eigenvalue weighted by Gasteiger charge is -2.21. The van der Waals surface area contributed by atoms with Crippen LogP contribution in [0.5, 0.6) is 0 Å². The number of amides is 1. The van der Waals surface area contributed by atoms with Crippen LogP contribution in [0, 0.1) is 0 Å². The third-order valence-corrected chi connectivity index (χ3v) is 5.50. The lowest BCUT2D eigenvalue weighted by atomic mass is 10.2. The van der Waals surface area contributed by atoms with Crippen LogP contribution >= 0.6 is 11.8 Å². The lowest BCUT2D eigenvalue weighted by Crippen LogP contribution is -2.21. The van der Waals surface area contributed by atoms with Gasteiger partial charge in [0.15, 0.2) is 11.0 Å². The minimum Gasteiger partial charge on any atom is -0.372 e. The van der Waals surface area contributed by atoms with Gasteiger partial charge in [-0.1, -0.05) is 42.1 Å². The van der Waals surface area contributed by atoms with Gasteiger partial charge in [-0.2, -0.15) is 0 Å². The van der Waals surface area contributed by atoms with Crippen LogP contribution in [-0.4, -0.2) is 39.5 Å². The number of anilines is 2. The van der Waals surface area contributed by atoms with E-state index in [2.05, 4.69) is 34.3 Å². The molecular formula is C21H25N5OS. The molecule has 28 heavy (non-hydrogen) atoms. The maximum Gasteiger partial charge on any atom is 0.234 e. The summed E-state index contributed by atoms with van der Waals surface area (Å²) in [6.07, 6.45) is 0. The molecule has 146 valence electrons. The van der Waals surface area contributed by atoms with Crippen LogP contribution in [0.25, 0.3) is 11.4 Å². The number of hydrogen-bond acceptors (Lipinski definition) is 5. The van der Waals surface area contributed by atoms with E-state index >= 15 is 0 Å². The van der Waals surface area contributed by atoms with Crippen molar-refractivity contribution in [3.05, 3.63) is 54.6 Å². The Bertz CT molecular complexity index is 904. The number of hydrogen-bond donors (Lipinski definition) is 1. The topological polar surface area (TPSA) is 63.1 Å². The summed E-state index contributed by atoms with van der Waals surface area (Å²) in [5.74, 6) is 0.999. The first-order valence-electron chi connectivity index (χ1n) is 9.34. The van der Waals surface area contributed by atoms with Crippen molar-refractivity contribution in [1.29, 1.82) is 0 Å². The fourth-order valence-electron chi connectivity index (χ4n) is 2.95. The van der Waals surface area contributed by atoms with Gasteiger partial charge >= 0.3 is 0 Å². The molecule has 0 aliphatic rings. The highest BCUT2D eigenvalue weighted by atomic mass is 32.2. The first-order chi connectivity index (χ1) is 13.6. The summed E-state index contributed by atoms with van der Waals surface area (Å²) in [5.41, 5.74) is 2.96. The van der Waals surface area contributed by atoms with Crippen LogP contribution in [0.4, 0.5) is 11.4 Å².